The van der Waals surface area contributed by atoms with Gasteiger partial charge in [-0.2, -0.15) is 0 Å². The van der Waals surface area contributed by atoms with Gasteiger partial charge in [0.25, 0.3) is 0 Å². The van der Waals surface area contributed by atoms with Gasteiger partial charge in [-0.1, -0.05) is 25.9 Å². The van der Waals surface area contributed by atoms with Crippen LogP contribution in [0.3, 0.4) is 0 Å². The van der Waals surface area contributed by atoms with E-state index in [1.54, 1.807) is 0 Å². The fraction of sp³-hybridized carbons (Fsp3) is 0.857. The van der Waals surface area contributed by atoms with Gasteiger partial charge in [-0.05, 0) is 44.6 Å². The van der Waals surface area contributed by atoms with Gasteiger partial charge < -0.3 is 15.1 Å². The largest absolute Gasteiger partial charge is 0.406 e. The minimum absolute atomic E-state index is 0.110. The molecule has 0 aromatic carbocycles. The molecule has 1 heterocycles. The van der Waals surface area contributed by atoms with Gasteiger partial charge in [-0.3, -0.25) is 0 Å². The summed E-state index contributed by atoms with van der Waals surface area (Å²) in [6, 6.07) is 1.14. The van der Waals surface area contributed by atoms with E-state index in [0.717, 1.165) is 6.54 Å². The van der Waals surface area contributed by atoms with Crippen molar-refractivity contribution in [2.75, 3.05) is 11.9 Å². The summed E-state index contributed by atoms with van der Waals surface area (Å²) in [7, 11) is 0. The van der Waals surface area contributed by atoms with E-state index in [0.29, 0.717) is 23.4 Å². The molecular weight excluding hydrogens is 240 g/mol. The minimum Gasteiger partial charge on any atom is -0.406 e. The molecule has 108 valence electrons. The standard InChI is InChI=1S/C14H26N4O/c1-5-15-10(2)12-17-18-13(19-12)16-11-6-8-14(3,4)9-7-11/h10-11,15H,5-9H2,1-4H3,(H,16,18). The van der Waals surface area contributed by atoms with Gasteiger partial charge in [0.05, 0.1) is 6.04 Å². The molecule has 0 spiro atoms. The summed E-state index contributed by atoms with van der Waals surface area (Å²) in [5, 5.41) is 14.8. The molecule has 0 saturated heterocycles. The molecular formula is C14H26N4O. The lowest BCUT2D eigenvalue weighted by Crippen LogP contribution is -2.29. The molecule has 1 fully saturated rings. The molecule has 0 aliphatic heterocycles. The van der Waals surface area contributed by atoms with E-state index in [4.69, 9.17) is 4.42 Å². The first kappa shape index (κ1) is 14.3. The Morgan fingerprint density at radius 1 is 1.32 bits per heavy atom. The van der Waals surface area contributed by atoms with Crippen molar-refractivity contribution in [3.63, 3.8) is 0 Å². The van der Waals surface area contributed by atoms with Crippen LogP contribution in [-0.4, -0.2) is 22.8 Å². The molecule has 2 rings (SSSR count). The zero-order valence-corrected chi connectivity index (χ0v) is 12.5. The highest BCUT2D eigenvalue weighted by molar-refractivity contribution is 5.20. The molecule has 1 aromatic heterocycles. The molecule has 5 nitrogen and oxygen atoms in total. The maximum Gasteiger partial charge on any atom is 0.315 e. The van der Waals surface area contributed by atoms with E-state index in [-0.39, 0.29) is 6.04 Å². The molecule has 1 aromatic rings. The van der Waals surface area contributed by atoms with Crippen LogP contribution >= 0.6 is 0 Å². The molecule has 1 atom stereocenters. The van der Waals surface area contributed by atoms with Crippen LogP contribution in [-0.2, 0) is 0 Å². The first-order valence-corrected chi connectivity index (χ1v) is 7.33. The molecule has 5 heteroatoms. The Morgan fingerprint density at radius 3 is 2.63 bits per heavy atom. The molecule has 2 N–H and O–H groups in total. The quantitative estimate of drug-likeness (QED) is 0.857. The third-order valence-electron chi connectivity index (χ3n) is 3.99. The molecule has 1 aliphatic carbocycles. The van der Waals surface area contributed by atoms with Gasteiger partial charge in [0.15, 0.2) is 0 Å². The van der Waals surface area contributed by atoms with Crippen molar-refractivity contribution < 1.29 is 4.42 Å². The van der Waals surface area contributed by atoms with E-state index in [1.165, 1.54) is 25.7 Å². The maximum absolute atomic E-state index is 5.66. The Labute approximate surface area is 115 Å². The summed E-state index contributed by atoms with van der Waals surface area (Å²) >= 11 is 0. The average Bonchev–Trinajstić information content (AvgIpc) is 2.81. The number of anilines is 1. The van der Waals surface area contributed by atoms with Gasteiger partial charge in [-0.25, -0.2) is 0 Å². The minimum atomic E-state index is 0.110. The number of hydrogen-bond donors (Lipinski definition) is 2. The van der Waals surface area contributed by atoms with Crippen LogP contribution in [0.2, 0.25) is 0 Å². The Balaban J connectivity index is 1.87. The normalized spacial score (nSPS) is 21.3. The predicted octanol–water partition coefficient (Wildman–Crippen LogP) is 3.12. The highest BCUT2D eigenvalue weighted by Gasteiger charge is 2.27. The van der Waals surface area contributed by atoms with E-state index in [9.17, 15) is 0 Å². The molecule has 0 bridgehead atoms. The van der Waals surface area contributed by atoms with Crippen molar-refractivity contribution in [2.45, 2.75) is 65.5 Å². The first-order valence-electron chi connectivity index (χ1n) is 7.33. The molecule has 19 heavy (non-hydrogen) atoms. The average molecular weight is 266 g/mol. The van der Waals surface area contributed by atoms with Gasteiger partial charge in [0, 0.05) is 6.04 Å². The van der Waals surface area contributed by atoms with Gasteiger partial charge >= 0.3 is 6.01 Å². The van der Waals surface area contributed by atoms with Crippen LogP contribution in [0.4, 0.5) is 6.01 Å². The summed E-state index contributed by atoms with van der Waals surface area (Å²) < 4.78 is 5.66. The SMILES string of the molecule is CCNC(C)c1nnc(NC2CCC(C)(C)CC2)o1. The van der Waals surface area contributed by atoms with E-state index < -0.39 is 0 Å². The monoisotopic (exact) mass is 266 g/mol. The lowest BCUT2D eigenvalue weighted by molar-refractivity contribution is 0.231. The lowest BCUT2D eigenvalue weighted by Gasteiger charge is -2.34. The van der Waals surface area contributed by atoms with Crippen molar-refractivity contribution in [1.82, 2.24) is 15.5 Å². The van der Waals surface area contributed by atoms with Gasteiger partial charge in [0.1, 0.15) is 0 Å². The van der Waals surface area contributed by atoms with Crippen LogP contribution in [0.5, 0.6) is 0 Å². The third-order valence-corrected chi connectivity index (χ3v) is 3.99. The van der Waals surface area contributed by atoms with Crippen LogP contribution in [0, 0.1) is 5.41 Å². The number of aromatic nitrogens is 2. The van der Waals surface area contributed by atoms with Crippen LogP contribution < -0.4 is 10.6 Å². The van der Waals surface area contributed by atoms with Crippen LogP contribution in [0.1, 0.15) is 65.3 Å². The highest BCUT2D eigenvalue weighted by Crippen LogP contribution is 2.35. The molecule has 1 saturated carbocycles. The van der Waals surface area contributed by atoms with Gasteiger partial charge in [-0.15, -0.1) is 5.10 Å². The molecule has 0 radical (unpaired) electrons. The second-order valence-electron chi connectivity index (χ2n) is 6.31. The van der Waals surface area contributed by atoms with Crippen molar-refractivity contribution in [3.05, 3.63) is 5.89 Å². The summed E-state index contributed by atoms with van der Waals surface area (Å²) in [5.41, 5.74) is 0.484. The first-order chi connectivity index (χ1) is 9.00. The fourth-order valence-corrected chi connectivity index (χ4v) is 2.58. The Hall–Kier alpha value is -1.10. The summed E-state index contributed by atoms with van der Waals surface area (Å²) in [4.78, 5) is 0. The van der Waals surface area contributed by atoms with Crippen molar-refractivity contribution >= 4 is 6.01 Å². The van der Waals surface area contributed by atoms with E-state index in [1.807, 2.05) is 6.92 Å². The molecule has 1 aliphatic rings. The van der Waals surface area contributed by atoms with E-state index in [2.05, 4.69) is 41.6 Å². The zero-order chi connectivity index (χ0) is 13.9. The molecule has 0 amide bonds. The van der Waals surface area contributed by atoms with Crippen LogP contribution in [0.15, 0.2) is 4.42 Å². The fourth-order valence-electron chi connectivity index (χ4n) is 2.58. The maximum atomic E-state index is 5.66. The topological polar surface area (TPSA) is 63.0 Å². The zero-order valence-electron chi connectivity index (χ0n) is 12.5. The third kappa shape index (κ3) is 3.93. The second kappa shape index (κ2) is 5.90. The Morgan fingerprint density at radius 2 is 2.00 bits per heavy atom. The van der Waals surface area contributed by atoms with Crippen molar-refractivity contribution in [3.8, 4) is 0 Å². The summed E-state index contributed by atoms with van der Waals surface area (Å²) in [5.74, 6) is 0.653. The number of hydrogen-bond acceptors (Lipinski definition) is 5. The predicted molar refractivity (Wildman–Crippen MR) is 76.0 cm³/mol. The second-order valence-corrected chi connectivity index (χ2v) is 6.31. The van der Waals surface area contributed by atoms with E-state index >= 15 is 0 Å². The summed E-state index contributed by atoms with van der Waals surface area (Å²) in [6.07, 6.45) is 4.85. The number of nitrogens with one attached hydrogen (secondary N) is 2. The van der Waals surface area contributed by atoms with Crippen LogP contribution in [0.25, 0.3) is 0 Å². The van der Waals surface area contributed by atoms with Crippen molar-refractivity contribution in [1.29, 1.82) is 0 Å². The lowest BCUT2D eigenvalue weighted by atomic mass is 9.76. The number of rotatable bonds is 5. The van der Waals surface area contributed by atoms with Gasteiger partial charge in [0.2, 0.25) is 5.89 Å². The number of nitrogens with zero attached hydrogens (tertiary/aromatic N) is 2. The molecule has 1 unspecified atom stereocenters. The highest BCUT2D eigenvalue weighted by atomic mass is 16.4. The Bertz CT molecular complexity index is 392. The summed E-state index contributed by atoms with van der Waals surface area (Å²) in [6.45, 7) is 9.67. The smallest absolute Gasteiger partial charge is 0.315 e. The van der Waals surface area contributed by atoms with Crippen molar-refractivity contribution in [2.24, 2.45) is 5.41 Å². The Kier molecular flexibility index (Phi) is 4.45.